The van der Waals surface area contributed by atoms with E-state index in [1.54, 1.807) is 36.5 Å². The summed E-state index contributed by atoms with van der Waals surface area (Å²) in [5.74, 6) is -0.411. The molecule has 0 amide bonds. The third kappa shape index (κ3) is 2.79. The van der Waals surface area contributed by atoms with Gasteiger partial charge in [0.1, 0.15) is 0 Å². The lowest BCUT2D eigenvalue weighted by Crippen LogP contribution is -2.50. The van der Waals surface area contributed by atoms with Gasteiger partial charge in [0, 0.05) is 17.8 Å². The molecule has 0 aliphatic carbocycles. The molecule has 22 heavy (non-hydrogen) atoms. The standard InChI is InChI=1S/C13H12Cl2N6O/c14-8-5-7(13(17)19-12(16)20-21-13)6-9(15)11(8)22-10-3-1-2-4-18-10/h1-6,21H,17H2,(H3,16,19,20). The predicted molar refractivity (Wildman–Crippen MR) is 84.5 cm³/mol. The van der Waals surface area contributed by atoms with Gasteiger partial charge in [-0.25, -0.2) is 9.98 Å². The fourth-order valence-corrected chi connectivity index (χ4v) is 2.50. The van der Waals surface area contributed by atoms with Crippen molar-refractivity contribution in [3.63, 3.8) is 0 Å². The molecule has 0 saturated carbocycles. The number of hydrazine groups is 1. The van der Waals surface area contributed by atoms with Gasteiger partial charge < -0.3 is 10.5 Å². The van der Waals surface area contributed by atoms with E-state index in [-0.39, 0.29) is 21.8 Å². The number of aromatic nitrogens is 1. The molecule has 0 fully saturated rings. The highest BCUT2D eigenvalue weighted by Gasteiger charge is 2.33. The smallest absolute Gasteiger partial charge is 0.219 e. The third-order valence-corrected chi connectivity index (χ3v) is 3.52. The molecule has 0 spiro atoms. The second-order valence-electron chi connectivity index (χ2n) is 4.55. The largest absolute Gasteiger partial charge is 0.436 e. The number of halogens is 2. The van der Waals surface area contributed by atoms with Gasteiger partial charge in [0.05, 0.1) is 10.0 Å². The number of aliphatic imine (C=N–C) groups is 1. The first-order valence-corrected chi connectivity index (χ1v) is 6.99. The molecule has 1 aromatic heterocycles. The van der Waals surface area contributed by atoms with Crippen LogP contribution in [0.4, 0.5) is 0 Å². The maximum atomic E-state index is 6.24. The maximum absolute atomic E-state index is 6.24. The van der Waals surface area contributed by atoms with Crippen LogP contribution in [0.2, 0.25) is 10.0 Å². The molecule has 3 rings (SSSR count). The highest BCUT2D eigenvalue weighted by atomic mass is 35.5. The van der Waals surface area contributed by atoms with E-state index in [0.717, 1.165) is 0 Å². The highest BCUT2D eigenvalue weighted by molar-refractivity contribution is 6.37. The molecule has 1 aliphatic heterocycles. The van der Waals surface area contributed by atoms with E-state index in [9.17, 15) is 0 Å². The van der Waals surface area contributed by atoms with E-state index in [1.807, 2.05) is 0 Å². The van der Waals surface area contributed by atoms with Gasteiger partial charge in [-0.3, -0.25) is 11.2 Å². The molecular weight excluding hydrogens is 327 g/mol. The summed E-state index contributed by atoms with van der Waals surface area (Å²) in [4.78, 5) is 8.12. The van der Waals surface area contributed by atoms with E-state index in [2.05, 4.69) is 20.8 Å². The van der Waals surface area contributed by atoms with Gasteiger partial charge in [-0.2, -0.15) is 5.43 Å². The van der Waals surface area contributed by atoms with Gasteiger partial charge in [-0.05, 0) is 18.2 Å². The van der Waals surface area contributed by atoms with E-state index in [1.165, 1.54) is 0 Å². The molecule has 0 bridgehead atoms. The Hall–Kier alpha value is -2.06. The Kier molecular flexibility index (Phi) is 3.79. The van der Waals surface area contributed by atoms with Crippen molar-refractivity contribution in [2.45, 2.75) is 5.79 Å². The second-order valence-corrected chi connectivity index (χ2v) is 5.37. The number of rotatable bonds is 3. The lowest BCUT2D eigenvalue weighted by atomic mass is 10.1. The molecule has 7 nitrogen and oxygen atoms in total. The molecule has 2 aromatic rings. The number of nitrogens with one attached hydrogen (secondary N) is 2. The fourth-order valence-electron chi connectivity index (χ4n) is 1.93. The van der Waals surface area contributed by atoms with Gasteiger partial charge in [-0.1, -0.05) is 29.3 Å². The number of benzene rings is 1. The van der Waals surface area contributed by atoms with Gasteiger partial charge in [0.15, 0.2) is 5.75 Å². The zero-order chi connectivity index (χ0) is 15.7. The molecule has 0 saturated heterocycles. The van der Waals surface area contributed by atoms with Crippen LogP contribution in [0.5, 0.6) is 11.6 Å². The Balaban J connectivity index is 1.95. The number of nitrogens with zero attached hydrogens (tertiary/aromatic N) is 2. The summed E-state index contributed by atoms with van der Waals surface area (Å²) in [7, 11) is 0. The van der Waals surface area contributed by atoms with E-state index in [4.69, 9.17) is 39.4 Å². The quantitative estimate of drug-likeness (QED) is 0.677. The number of ether oxygens (including phenoxy) is 1. The van der Waals surface area contributed by atoms with Gasteiger partial charge in [0.25, 0.3) is 0 Å². The highest BCUT2D eigenvalue weighted by Crippen LogP contribution is 2.38. The van der Waals surface area contributed by atoms with Crippen molar-refractivity contribution in [2.75, 3.05) is 0 Å². The summed E-state index contributed by atoms with van der Waals surface area (Å²) < 4.78 is 5.60. The Morgan fingerprint density at radius 3 is 2.45 bits per heavy atom. The topological polar surface area (TPSA) is 111 Å². The first-order chi connectivity index (χ1) is 10.5. The minimum Gasteiger partial charge on any atom is -0.436 e. The van der Waals surface area contributed by atoms with Crippen molar-refractivity contribution in [1.82, 2.24) is 15.8 Å². The van der Waals surface area contributed by atoms with Crippen LogP contribution in [-0.4, -0.2) is 10.9 Å². The lowest BCUT2D eigenvalue weighted by Gasteiger charge is -2.22. The predicted octanol–water partition coefficient (Wildman–Crippen LogP) is 1.67. The summed E-state index contributed by atoms with van der Waals surface area (Å²) in [5.41, 5.74) is 17.6. The fraction of sp³-hybridized carbons (Fsp3) is 0.0769. The second kappa shape index (κ2) is 5.62. The number of hydrogen-bond acceptors (Lipinski definition) is 7. The van der Waals surface area contributed by atoms with E-state index >= 15 is 0 Å². The molecule has 1 atom stereocenters. The van der Waals surface area contributed by atoms with Crippen molar-refractivity contribution in [3.8, 4) is 11.6 Å². The monoisotopic (exact) mass is 338 g/mol. The lowest BCUT2D eigenvalue weighted by molar-refractivity contribution is 0.374. The number of guanidine groups is 1. The van der Waals surface area contributed by atoms with Crippen LogP contribution in [-0.2, 0) is 5.79 Å². The van der Waals surface area contributed by atoms with Crippen LogP contribution in [0, 0.1) is 0 Å². The van der Waals surface area contributed by atoms with E-state index in [0.29, 0.717) is 11.4 Å². The third-order valence-electron chi connectivity index (χ3n) is 2.96. The number of nitrogens with two attached hydrogens (primary N) is 2. The summed E-state index contributed by atoms with van der Waals surface area (Å²) in [6.45, 7) is 0. The first-order valence-electron chi connectivity index (χ1n) is 6.24. The van der Waals surface area contributed by atoms with Crippen molar-refractivity contribution in [2.24, 2.45) is 16.5 Å². The van der Waals surface area contributed by atoms with Crippen molar-refractivity contribution in [3.05, 3.63) is 52.1 Å². The van der Waals surface area contributed by atoms with Gasteiger partial charge in [-0.15, -0.1) is 0 Å². The summed E-state index contributed by atoms with van der Waals surface area (Å²) in [5, 5.41) is 0.556. The van der Waals surface area contributed by atoms with Gasteiger partial charge in [0.2, 0.25) is 17.6 Å². The Morgan fingerprint density at radius 2 is 1.91 bits per heavy atom. The molecule has 2 heterocycles. The molecule has 1 aromatic carbocycles. The minimum absolute atomic E-state index is 0.170. The van der Waals surface area contributed by atoms with Crippen molar-refractivity contribution >= 4 is 29.2 Å². The van der Waals surface area contributed by atoms with Crippen LogP contribution < -0.4 is 27.1 Å². The van der Waals surface area contributed by atoms with Crippen molar-refractivity contribution in [1.29, 1.82) is 0 Å². The zero-order valence-electron chi connectivity index (χ0n) is 11.2. The average Bonchev–Trinajstić information content (AvgIpc) is 2.84. The molecule has 114 valence electrons. The van der Waals surface area contributed by atoms with Crippen LogP contribution in [0.3, 0.4) is 0 Å². The van der Waals surface area contributed by atoms with Crippen molar-refractivity contribution < 1.29 is 4.74 Å². The first kappa shape index (κ1) is 14.9. The molecule has 0 radical (unpaired) electrons. The average molecular weight is 339 g/mol. The SMILES string of the molecule is NC1=NC(N)(c2cc(Cl)c(Oc3ccccn3)c(Cl)c2)NN1. The Labute approximate surface area is 136 Å². The van der Waals surface area contributed by atoms with E-state index < -0.39 is 5.79 Å². The van der Waals surface area contributed by atoms with Crippen LogP contribution in [0.15, 0.2) is 41.5 Å². The molecular formula is C13H12Cl2N6O. The van der Waals surface area contributed by atoms with Crippen LogP contribution in [0.1, 0.15) is 5.56 Å². The number of hydrogen-bond donors (Lipinski definition) is 4. The maximum Gasteiger partial charge on any atom is 0.219 e. The number of pyridine rings is 1. The normalized spacial score (nSPS) is 20.4. The van der Waals surface area contributed by atoms with Crippen LogP contribution in [0.25, 0.3) is 0 Å². The molecule has 6 N–H and O–H groups in total. The minimum atomic E-state index is -1.25. The van der Waals surface area contributed by atoms with Crippen LogP contribution >= 0.6 is 23.2 Å². The van der Waals surface area contributed by atoms with Gasteiger partial charge >= 0.3 is 0 Å². The molecule has 1 unspecified atom stereocenters. The molecule has 9 heteroatoms. The molecule has 1 aliphatic rings. The summed E-state index contributed by atoms with van der Waals surface area (Å²) >= 11 is 12.5. The zero-order valence-corrected chi connectivity index (χ0v) is 12.7. The Bertz CT molecular complexity index is 716. The Morgan fingerprint density at radius 1 is 1.18 bits per heavy atom. The summed E-state index contributed by atoms with van der Waals surface area (Å²) in [6.07, 6.45) is 1.60. The summed E-state index contributed by atoms with van der Waals surface area (Å²) in [6, 6.07) is 8.46.